The van der Waals surface area contributed by atoms with E-state index in [4.69, 9.17) is 11.6 Å². The molecule has 0 aliphatic heterocycles. The largest absolute Gasteiger partial charge is 0.294 e. The molecule has 92 valence electrons. The first-order valence-electron chi connectivity index (χ1n) is 5.60. The Bertz CT molecular complexity index is 593. The summed E-state index contributed by atoms with van der Waals surface area (Å²) < 4.78 is 13.0. The summed E-state index contributed by atoms with van der Waals surface area (Å²) in [6.45, 7) is 1.94. The fourth-order valence-corrected chi connectivity index (χ4v) is 1.96. The van der Waals surface area contributed by atoms with Crippen molar-refractivity contribution in [2.75, 3.05) is 0 Å². The van der Waals surface area contributed by atoms with Crippen LogP contribution in [0, 0.1) is 12.7 Å². The van der Waals surface area contributed by atoms with Crippen LogP contribution in [0.2, 0.25) is 5.02 Å². The van der Waals surface area contributed by atoms with Crippen LogP contribution in [0.1, 0.15) is 21.5 Å². The van der Waals surface area contributed by atoms with Gasteiger partial charge in [-0.05, 0) is 30.7 Å². The van der Waals surface area contributed by atoms with Crippen molar-refractivity contribution >= 4 is 17.4 Å². The van der Waals surface area contributed by atoms with E-state index in [1.165, 1.54) is 12.1 Å². The van der Waals surface area contributed by atoms with Gasteiger partial charge in [0.2, 0.25) is 0 Å². The summed E-state index contributed by atoms with van der Waals surface area (Å²) in [5.41, 5.74) is 2.42. The molecule has 0 saturated heterocycles. The smallest absolute Gasteiger partial charge is 0.167 e. The highest BCUT2D eigenvalue weighted by molar-refractivity contribution is 6.30. The highest BCUT2D eigenvalue weighted by atomic mass is 35.5. The Balaban J connectivity index is 2.18. The average molecular weight is 263 g/mol. The molecule has 18 heavy (non-hydrogen) atoms. The Labute approximate surface area is 110 Å². The fraction of sp³-hybridized carbons (Fsp3) is 0.133. The lowest BCUT2D eigenvalue weighted by Gasteiger charge is -2.03. The third-order valence-corrected chi connectivity index (χ3v) is 2.98. The van der Waals surface area contributed by atoms with Gasteiger partial charge in [0.1, 0.15) is 5.82 Å². The zero-order valence-corrected chi connectivity index (χ0v) is 10.7. The summed E-state index contributed by atoms with van der Waals surface area (Å²) in [6.07, 6.45) is 0.226. The Morgan fingerprint density at radius 3 is 2.67 bits per heavy atom. The van der Waals surface area contributed by atoms with Crippen LogP contribution in [0.4, 0.5) is 4.39 Å². The van der Waals surface area contributed by atoms with Crippen molar-refractivity contribution in [3.05, 3.63) is 70.0 Å². The summed E-state index contributed by atoms with van der Waals surface area (Å²) in [7, 11) is 0. The molecule has 1 nitrogen and oxygen atoms in total. The highest BCUT2D eigenvalue weighted by Crippen LogP contribution is 2.17. The minimum atomic E-state index is -0.469. The van der Waals surface area contributed by atoms with Gasteiger partial charge in [0.25, 0.3) is 0 Å². The van der Waals surface area contributed by atoms with Gasteiger partial charge in [-0.2, -0.15) is 0 Å². The van der Waals surface area contributed by atoms with E-state index in [1.807, 2.05) is 25.1 Å². The van der Waals surface area contributed by atoms with E-state index in [-0.39, 0.29) is 17.2 Å². The fourth-order valence-electron chi connectivity index (χ4n) is 1.76. The summed E-state index contributed by atoms with van der Waals surface area (Å²) in [6, 6.07) is 11.8. The van der Waals surface area contributed by atoms with Crippen molar-refractivity contribution in [2.45, 2.75) is 13.3 Å². The minimum absolute atomic E-state index is 0.00127. The zero-order chi connectivity index (χ0) is 13.1. The second kappa shape index (κ2) is 5.32. The number of carbonyl (C=O) groups excluding carboxylic acids is 1. The Kier molecular flexibility index (Phi) is 3.78. The number of halogens is 2. The Hall–Kier alpha value is -1.67. The van der Waals surface area contributed by atoms with Crippen LogP contribution in [0.15, 0.2) is 42.5 Å². The monoisotopic (exact) mass is 262 g/mol. The summed E-state index contributed by atoms with van der Waals surface area (Å²) in [5.74, 6) is -0.468. The van der Waals surface area contributed by atoms with Gasteiger partial charge in [-0.15, -0.1) is 0 Å². The molecule has 2 rings (SSSR count). The van der Waals surface area contributed by atoms with Gasteiger partial charge < -0.3 is 0 Å². The SMILES string of the molecule is Cc1cccc(C(=O)Cc2ccc(F)c(Cl)c2)c1. The van der Waals surface area contributed by atoms with Crippen LogP contribution < -0.4 is 0 Å². The van der Waals surface area contributed by atoms with E-state index >= 15 is 0 Å². The second-order valence-electron chi connectivity index (χ2n) is 4.22. The number of hydrogen-bond acceptors (Lipinski definition) is 1. The van der Waals surface area contributed by atoms with Crippen molar-refractivity contribution in [1.29, 1.82) is 0 Å². The Morgan fingerprint density at radius 1 is 1.22 bits per heavy atom. The van der Waals surface area contributed by atoms with Gasteiger partial charge in [-0.25, -0.2) is 4.39 Å². The van der Waals surface area contributed by atoms with Gasteiger partial charge in [0.15, 0.2) is 5.78 Å². The first-order chi connectivity index (χ1) is 8.56. The molecular formula is C15H12ClFO. The molecule has 0 radical (unpaired) electrons. The molecule has 0 saturated carbocycles. The lowest BCUT2D eigenvalue weighted by atomic mass is 10.0. The molecule has 0 unspecified atom stereocenters. The van der Waals surface area contributed by atoms with E-state index in [0.717, 1.165) is 5.56 Å². The number of hydrogen-bond donors (Lipinski definition) is 0. The first kappa shape index (κ1) is 12.8. The van der Waals surface area contributed by atoms with E-state index < -0.39 is 5.82 Å². The number of aryl methyl sites for hydroxylation is 1. The molecule has 0 fully saturated rings. The molecule has 0 bridgehead atoms. The first-order valence-corrected chi connectivity index (χ1v) is 5.98. The maximum absolute atomic E-state index is 13.0. The maximum atomic E-state index is 13.0. The quantitative estimate of drug-likeness (QED) is 0.757. The highest BCUT2D eigenvalue weighted by Gasteiger charge is 2.08. The normalized spacial score (nSPS) is 10.4. The zero-order valence-electron chi connectivity index (χ0n) is 9.91. The third kappa shape index (κ3) is 2.96. The van der Waals surface area contributed by atoms with Crippen LogP contribution >= 0.6 is 11.6 Å². The molecule has 0 atom stereocenters. The molecule has 0 aromatic heterocycles. The molecular weight excluding hydrogens is 251 g/mol. The van der Waals surface area contributed by atoms with Crippen molar-refractivity contribution in [2.24, 2.45) is 0 Å². The van der Waals surface area contributed by atoms with Crippen molar-refractivity contribution in [1.82, 2.24) is 0 Å². The molecule has 0 spiro atoms. The van der Waals surface area contributed by atoms with E-state index in [1.54, 1.807) is 12.1 Å². The topological polar surface area (TPSA) is 17.1 Å². The number of rotatable bonds is 3. The molecule has 2 aromatic carbocycles. The van der Waals surface area contributed by atoms with E-state index in [2.05, 4.69) is 0 Å². The van der Waals surface area contributed by atoms with Gasteiger partial charge >= 0.3 is 0 Å². The predicted molar refractivity (Wildman–Crippen MR) is 70.6 cm³/mol. The molecule has 0 aliphatic carbocycles. The lowest BCUT2D eigenvalue weighted by molar-refractivity contribution is 0.0993. The van der Waals surface area contributed by atoms with Crippen LogP contribution in [0.25, 0.3) is 0 Å². The van der Waals surface area contributed by atoms with E-state index in [0.29, 0.717) is 11.1 Å². The van der Waals surface area contributed by atoms with Gasteiger partial charge in [-0.1, -0.05) is 41.4 Å². The van der Waals surface area contributed by atoms with Crippen LogP contribution in [-0.2, 0) is 6.42 Å². The predicted octanol–water partition coefficient (Wildman–Crippen LogP) is 4.21. The number of Topliss-reactive ketones (excluding diaryl/α,β-unsaturated/α-hetero) is 1. The number of ketones is 1. The van der Waals surface area contributed by atoms with Crippen LogP contribution in [-0.4, -0.2) is 5.78 Å². The lowest BCUT2D eigenvalue weighted by Crippen LogP contribution is -2.03. The third-order valence-electron chi connectivity index (χ3n) is 2.69. The molecule has 3 heteroatoms. The molecule has 0 amide bonds. The standard InChI is InChI=1S/C15H12ClFO/c1-10-3-2-4-12(7-10)15(18)9-11-5-6-14(17)13(16)8-11/h2-8H,9H2,1H3. The average Bonchev–Trinajstić information content (AvgIpc) is 2.34. The Morgan fingerprint density at radius 2 is 2.00 bits per heavy atom. The van der Waals surface area contributed by atoms with Crippen molar-refractivity contribution in [3.63, 3.8) is 0 Å². The van der Waals surface area contributed by atoms with E-state index in [9.17, 15) is 9.18 Å². The summed E-state index contributed by atoms with van der Waals surface area (Å²) in [5, 5.41) is 0.0459. The maximum Gasteiger partial charge on any atom is 0.167 e. The summed E-state index contributed by atoms with van der Waals surface area (Å²) >= 11 is 5.68. The van der Waals surface area contributed by atoms with Gasteiger partial charge in [-0.3, -0.25) is 4.79 Å². The van der Waals surface area contributed by atoms with Gasteiger partial charge in [0, 0.05) is 12.0 Å². The summed E-state index contributed by atoms with van der Waals surface area (Å²) in [4.78, 5) is 12.0. The molecule has 0 aliphatic rings. The minimum Gasteiger partial charge on any atom is -0.294 e. The van der Waals surface area contributed by atoms with Crippen molar-refractivity contribution in [3.8, 4) is 0 Å². The molecule has 2 aromatic rings. The number of benzene rings is 2. The van der Waals surface area contributed by atoms with Crippen molar-refractivity contribution < 1.29 is 9.18 Å². The van der Waals surface area contributed by atoms with Crippen LogP contribution in [0.3, 0.4) is 0 Å². The van der Waals surface area contributed by atoms with Gasteiger partial charge in [0.05, 0.1) is 5.02 Å². The molecule has 0 heterocycles. The second-order valence-corrected chi connectivity index (χ2v) is 4.63. The molecule has 0 N–H and O–H groups in total. The number of carbonyl (C=O) groups is 1. The van der Waals surface area contributed by atoms with Crippen LogP contribution in [0.5, 0.6) is 0 Å².